The molecular formula is C28H29F6N3. The van der Waals surface area contributed by atoms with Gasteiger partial charge >= 0.3 is 12.4 Å². The first-order chi connectivity index (χ1) is 17.5. The van der Waals surface area contributed by atoms with Crippen molar-refractivity contribution in [2.75, 3.05) is 0 Å². The molecule has 2 aromatic rings. The van der Waals surface area contributed by atoms with Crippen molar-refractivity contribution < 1.29 is 26.3 Å². The van der Waals surface area contributed by atoms with Crippen molar-refractivity contribution in [1.82, 2.24) is 10.6 Å². The number of aryl methyl sites for hydroxylation is 1. The van der Waals surface area contributed by atoms with Gasteiger partial charge in [-0.25, -0.2) is 4.99 Å². The fraction of sp³-hybridized carbons (Fsp3) is 0.393. The number of halogens is 6. The van der Waals surface area contributed by atoms with Gasteiger partial charge in [0.25, 0.3) is 0 Å². The summed E-state index contributed by atoms with van der Waals surface area (Å²) in [6, 6.07) is 8.88. The highest BCUT2D eigenvalue weighted by molar-refractivity contribution is 6.04. The summed E-state index contributed by atoms with van der Waals surface area (Å²) in [6.07, 6.45) is -4.77. The van der Waals surface area contributed by atoms with E-state index in [0.29, 0.717) is 30.7 Å². The molecule has 1 unspecified atom stereocenters. The van der Waals surface area contributed by atoms with Crippen LogP contribution < -0.4 is 10.6 Å². The molecule has 3 nitrogen and oxygen atoms in total. The van der Waals surface area contributed by atoms with Crippen molar-refractivity contribution in [3.05, 3.63) is 88.1 Å². The number of nitrogens with zero attached hydrogens (tertiary/aromatic N) is 1. The zero-order valence-electron chi connectivity index (χ0n) is 20.5. The molecule has 0 radical (unpaired) electrons. The second kappa shape index (κ2) is 10.6. The minimum Gasteiger partial charge on any atom is -0.363 e. The Morgan fingerprint density at radius 3 is 2.46 bits per heavy atom. The van der Waals surface area contributed by atoms with Gasteiger partial charge in [0.15, 0.2) is 0 Å². The van der Waals surface area contributed by atoms with E-state index in [1.54, 1.807) is 0 Å². The molecule has 1 aliphatic carbocycles. The smallest absolute Gasteiger partial charge is 0.363 e. The third-order valence-electron chi connectivity index (χ3n) is 6.71. The van der Waals surface area contributed by atoms with E-state index in [-0.39, 0.29) is 11.3 Å². The van der Waals surface area contributed by atoms with Gasteiger partial charge in [0.2, 0.25) is 0 Å². The Hall–Kier alpha value is -3.23. The quantitative estimate of drug-likeness (QED) is 0.376. The SMILES string of the molecule is C=C(NC1=NC(c2ccccc2C(F)(F)F)NC2=C1CCCC2)c1cc(C(F)(F)F)ccc1CCCC. The largest absolute Gasteiger partial charge is 0.416 e. The normalized spacial score (nSPS) is 18.1. The molecule has 0 fully saturated rings. The van der Waals surface area contributed by atoms with Gasteiger partial charge in [-0.3, -0.25) is 0 Å². The maximum absolute atomic E-state index is 13.7. The fourth-order valence-electron chi connectivity index (χ4n) is 4.81. The molecule has 4 rings (SSSR count). The van der Waals surface area contributed by atoms with E-state index in [2.05, 4.69) is 22.2 Å². The van der Waals surface area contributed by atoms with E-state index in [1.807, 2.05) is 6.92 Å². The van der Waals surface area contributed by atoms with E-state index in [0.717, 1.165) is 60.7 Å². The van der Waals surface area contributed by atoms with Crippen LogP contribution in [0.25, 0.3) is 5.70 Å². The molecule has 0 spiro atoms. The summed E-state index contributed by atoms with van der Waals surface area (Å²) in [5.41, 5.74) is 1.33. The van der Waals surface area contributed by atoms with Gasteiger partial charge < -0.3 is 10.6 Å². The highest BCUT2D eigenvalue weighted by Gasteiger charge is 2.37. The Morgan fingerprint density at radius 2 is 1.76 bits per heavy atom. The van der Waals surface area contributed by atoms with Crippen LogP contribution in [0.1, 0.15) is 79.4 Å². The molecule has 1 heterocycles. The molecule has 0 saturated carbocycles. The number of amidine groups is 1. The molecule has 0 amide bonds. The van der Waals surface area contributed by atoms with E-state index >= 15 is 0 Å². The predicted octanol–water partition coefficient (Wildman–Crippen LogP) is 8.16. The van der Waals surface area contributed by atoms with Crippen LogP contribution in [-0.4, -0.2) is 5.84 Å². The predicted molar refractivity (Wildman–Crippen MR) is 132 cm³/mol. The highest BCUT2D eigenvalue weighted by Crippen LogP contribution is 2.38. The van der Waals surface area contributed by atoms with Crippen LogP contribution in [0.4, 0.5) is 26.3 Å². The van der Waals surface area contributed by atoms with Crippen molar-refractivity contribution in [2.24, 2.45) is 4.99 Å². The van der Waals surface area contributed by atoms with E-state index in [1.165, 1.54) is 24.3 Å². The second-order valence-corrected chi connectivity index (χ2v) is 9.35. The molecule has 9 heteroatoms. The molecule has 1 aliphatic heterocycles. The molecule has 37 heavy (non-hydrogen) atoms. The molecule has 2 N–H and O–H groups in total. The zero-order chi connectivity index (χ0) is 26.8. The van der Waals surface area contributed by atoms with E-state index < -0.39 is 29.6 Å². The van der Waals surface area contributed by atoms with Crippen LogP contribution >= 0.6 is 0 Å². The number of unbranched alkanes of at least 4 members (excludes halogenated alkanes) is 1. The van der Waals surface area contributed by atoms with Crippen molar-refractivity contribution in [3.8, 4) is 0 Å². The number of hydrogen-bond acceptors (Lipinski definition) is 3. The van der Waals surface area contributed by atoms with Crippen LogP contribution in [0.3, 0.4) is 0 Å². The van der Waals surface area contributed by atoms with Gasteiger partial charge in [-0.2, -0.15) is 26.3 Å². The minimum absolute atomic E-state index is 0.0141. The molecule has 0 saturated heterocycles. The van der Waals surface area contributed by atoms with Crippen LogP contribution in [0, 0.1) is 0 Å². The van der Waals surface area contributed by atoms with E-state index in [9.17, 15) is 26.3 Å². The molecule has 198 valence electrons. The Morgan fingerprint density at radius 1 is 1.03 bits per heavy atom. The lowest BCUT2D eigenvalue weighted by molar-refractivity contribution is -0.139. The van der Waals surface area contributed by atoms with Gasteiger partial charge in [0.05, 0.1) is 11.1 Å². The van der Waals surface area contributed by atoms with Crippen molar-refractivity contribution in [2.45, 2.75) is 70.4 Å². The van der Waals surface area contributed by atoms with Gasteiger partial charge in [-0.05, 0) is 62.3 Å². The molecule has 0 aromatic heterocycles. The van der Waals surface area contributed by atoms with E-state index in [4.69, 9.17) is 0 Å². The van der Waals surface area contributed by atoms with Gasteiger partial charge in [-0.1, -0.05) is 44.2 Å². The summed E-state index contributed by atoms with van der Waals surface area (Å²) in [7, 11) is 0. The Kier molecular flexibility index (Phi) is 7.71. The summed E-state index contributed by atoms with van der Waals surface area (Å²) in [6.45, 7) is 6.02. The van der Waals surface area contributed by atoms with Crippen molar-refractivity contribution in [1.29, 1.82) is 0 Å². The molecule has 0 bridgehead atoms. The second-order valence-electron chi connectivity index (χ2n) is 9.35. The first-order valence-electron chi connectivity index (χ1n) is 12.4. The average Bonchev–Trinajstić information content (AvgIpc) is 2.86. The number of nitrogens with one attached hydrogen (secondary N) is 2. The number of hydrogen-bond donors (Lipinski definition) is 2. The Labute approximate surface area is 212 Å². The zero-order valence-corrected chi connectivity index (χ0v) is 20.5. The number of rotatable bonds is 6. The van der Waals surface area contributed by atoms with Gasteiger partial charge in [-0.15, -0.1) is 0 Å². The first-order valence-corrected chi connectivity index (χ1v) is 12.4. The molecule has 2 aliphatic rings. The number of aliphatic imine (C=N–C) groups is 1. The van der Waals surface area contributed by atoms with Crippen LogP contribution in [-0.2, 0) is 18.8 Å². The molecule has 2 aromatic carbocycles. The Bertz CT molecular complexity index is 1220. The highest BCUT2D eigenvalue weighted by atomic mass is 19.4. The number of alkyl halides is 6. The lowest BCUT2D eigenvalue weighted by Gasteiger charge is -2.33. The maximum Gasteiger partial charge on any atom is 0.416 e. The van der Waals surface area contributed by atoms with Crippen LogP contribution in [0.2, 0.25) is 0 Å². The standard InChI is InChI=1S/C28H29F6N3/c1-3-4-9-18-14-15-19(27(29,30)31)16-22(18)17(2)35-26-21-11-6-8-13-24(21)36-25(37-26)20-10-5-7-12-23(20)28(32,33)34/h5,7,10,12,14-16,25,36H,2-4,6,8-9,11,13H2,1H3,(H,35,37). The summed E-state index contributed by atoms with van der Waals surface area (Å²) in [5.74, 6) is 0.347. The Balaban J connectivity index is 1.73. The lowest BCUT2D eigenvalue weighted by atomic mass is 9.92. The monoisotopic (exact) mass is 521 g/mol. The number of allylic oxidation sites excluding steroid dienone is 1. The van der Waals surface area contributed by atoms with Crippen LogP contribution in [0.5, 0.6) is 0 Å². The lowest BCUT2D eigenvalue weighted by Crippen LogP contribution is -2.37. The first kappa shape index (κ1) is 26.8. The topological polar surface area (TPSA) is 36.4 Å². The summed E-state index contributed by atoms with van der Waals surface area (Å²) >= 11 is 0. The molecular weight excluding hydrogens is 492 g/mol. The maximum atomic E-state index is 13.7. The summed E-state index contributed by atoms with van der Waals surface area (Å²) in [5, 5.41) is 6.27. The summed E-state index contributed by atoms with van der Waals surface area (Å²) < 4.78 is 81.7. The van der Waals surface area contributed by atoms with Gasteiger partial charge in [0.1, 0.15) is 12.0 Å². The summed E-state index contributed by atoms with van der Waals surface area (Å²) in [4.78, 5) is 4.59. The van der Waals surface area contributed by atoms with Crippen LogP contribution in [0.15, 0.2) is 65.3 Å². The third-order valence-corrected chi connectivity index (χ3v) is 6.71. The minimum atomic E-state index is -4.56. The fourth-order valence-corrected chi connectivity index (χ4v) is 4.81. The van der Waals surface area contributed by atoms with Crippen molar-refractivity contribution >= 4 is 11.5 Å². The number of benzene rings is 2. The van der Waals surface area contributed by atoms with Gasteiger partial charge in [0, 0.05) is 28.1 Å². The van der Waals surface area contributed by atoms with Crippen molar-refractivity contribution in [3.63, 3.8) is 0 Å². The molecule has 1 atom stereocenters. The average molecular weight is 522 g/mol. The third kappa shape index (κ3) is 6.02.